The molecule has 0 saturated carbocycles. The molecule has 0 bridgehead atoms. The zero-order valence-electron chi connectivity index (χ0n) is 23.3. The summed E-state index contributed by atoms with van der Waals surface area (Å²) in [6, 6.07) is 24.8. The van der Waals surface area contributed by atoms with Crippen molar-refractivity contribution in [2.24, 2.45) is 0 Å². The summed E-state index contributed by atoms with van der Waals surface area (Å²) in [5.41, 5.74) is 2.43. The second-order valence-electron chi connectivity index (χ2n) is 9.05. The number of carbonyl (C=O) groups excluding carboxylic acids is 2. The van der Waals surface area contributed by atoms with Gasteiger partial charge in [0.1, 0.15) is 23.1 Å². The second kappa shape index (κ2) is 15.4. The molecule has 2 N–H and O–H groups in total. The predicted octanol–water partition coefficient (Wildman–Crippen LogP) is 4.83. The molecule has 1 saturated heterocycles. The van der Waals surface area contributed by atoms with E-state index in [2.05, 4.69) is 26.8 Å². The average Bonchev–Trinajstić information content (AvgIpc) is 3.01. The average molecular weight is 551 g/mol. The number of aromatic nitrogens is 2. The minimum atomic E-state index is -0.0549. The number of nitriles is 1. The van der Waals surface area contributed by atoms with Crippen LogP contribution in [0.2, 0.25) is 0 Å². The van der Waals surface area contributed by atoms with Gasteiger partial charge in [0, 0.05) is 69.8 Å². The maximum atomic E-state index is 11.7. The Kier molecular flexibility index (Phi) is 11.4. The van der Waals surface area contributed by atoms with Crippen molar-refractivity contribution in [2.45, 2.75) is 13.3 Å². The van der Waals surface area contributed by atoms with Crippen LogP contribution < -0.4 is 10.2 Å². The minimum Gasteiger partial charge on any atom is -0.508 e. The van der Waals surface area contributed by atoms with Crippen LogP contribution in [0, 0.1) is 11.3 Å². The number of piperazine rings is 1. The molecule has 1 aliphatic rings. The first-order valence-electron chi connectivity index (χ1n) is 13.2. The molecule has 1 aromatic heterocycles. The quantitative estimate of drug-likeness (QED) is 0.259. The topological polar surface area (TPSA) is 122 Å². The Morgan fingerprint density at radius 3 is 2.34 bits per heavy atom. The first-order valence-corrected chi connectivity index (χ1v) is 13.2. The highest BCUT2D eigenvalue weighted by Crippen LogP contribution is 2.28. The molecule has 3 aromatic carbocycles. The van der Waals surface area contributed by atoms with Crippen LogP contribution in [0.1, 0.15) is 28.8 Å². The number of carbonyl (C=O) groups is 2. The van der Waals surface area contributed by atoms with E-state index in [0.29, 0.717) is 49.9 Å². The fraction of sp³-hybridized carbons (Fsp3) is 0.219. The Labute approximate surface area is 240 Å². The highest BCUT2D eigenvalue weighted by Gasteiger charge is 2.21. The number of phenolic OH excluding ortho intramolecular Hbond substituents is 1. The number of nitrogens with zero attached hydrogens (tertiary/aromatic N) is 5. The first kappa shape index (κ1) is 30.3. The summed E-state index contributed by atoms with van der Waals surface area (Å²) in [5, 5.41) is 21.9. The van der Waals surface area contributed by atoms with Crippen molar-refractivity contribution in [3.05, 3.63) is 103 Å². The van der Waals surface area contributed by atoms with E-state index >= 15 is 0 Å². The third-order valence-corrected chi connectivity index (χ3v) is 6.31. The summed E-state index contributed by atoms with van der Waals surface area (Å²) in [5.74, 6) is 1.59. The lowest BCUT2D eigenvalue weighted by molar-refractivity contribution is -0.126. The summed E-state index contributed by atoms with van der Waals surface area (Å²) in [6.07, 6.45) is 2.66. The number of aromatic hydroxyl groups is 1. The molecule has 0 radical (unpaired) electrons. The Hall–Kier alpha value is -5.23. The molecule has 41 heavy (non-hydrogen) atoms. The Balaban J connectivity index is 0.000000241. The van der Waals surface area contributed by atoms with Crippen LogP contribution in [-0.4, -0.2) is 65.4 Å². The van der Waals surface area contributed by atoms with Crippen LogP contribution in [0.15, 0.2) is 85.5 Å². The SMILES string of the molecule is C=CC(=O)N1CCN(c2cc(C=O)nc(Cc3ccccc3)n2)CC1.CC#N.CNc1cc(O)cc2ccccc12. The van der Waals surface area contributed by atoms with Crippen LogP contribution >= 0.6 is 0 Å². The molecular weight excluding hydrogens is 516 g/mol. The Morgan fingerprint density at radius 2 is 1.71 bits per heavy atom. The van der Waals surface area contributed by atoms with Crippen molar-refractivity contribution in [3.8, 4) is 11.8 Å². The number of hydrogen-bond donors (Lipinski definition) is 2. The van der Waals surface area contributed by atoms with Crippen LogP contribution in [0.5, 0.6) is 5.75 Å². The van der Waals surface area contributed by atoms with Gasteiger partial charge in [-0.15, -0.1) is 0 Å². The molecule has 1 aliphatic heterocycles. The van der Waals surface area contributed by atoms with Crippen molar-refractivity contribution >= 4 is 34.5 Å². The van der Waals surface area contributed by atoms with E-state index in [1.54, 1.807) is 29.2 Å². The third kappa shape index (κ3) is 8.63. The van der Waals surface area contributed by atoms with E-state index in [-0.39, 0.29) is 5.91 Å². The first-order chi connectivity index (χ1) is 19.9. The van der Waals surface area contributed by atoms with E-state index in [1.165, 1.54) is 13.0 Å². The number of anilines is 2. The summed E-state index contributed by atoms with van der Waals surface area (Å²) >= 11 is 0. The number of amides is 1. The van der Waals surface area contributed by atoms with Gasteiger partial charge in [-0.1, -0.05) is 61.2 Å². The second-order valence-corrected chi connectivity index (χ2v) is 9.05. The number of hydrogen-bond acceptors (Lipinski definition) is 8. The van der Waals surface area contributed by atoms with E-state index in [4.69, 9.17) is 5.26 Å². The van der Waals surface area contributed by atoms with Gasteiger partial charge >= 0.3 is 0 Å². The van der Waals surface area contributed by atoms with Crippen LogP contribution in [0.25, 0.3) is 10.8 Å². The molecule has 4 aromatic rings. The lowest BCUT2D eigenvalue weighted by atomic mass is 10.1. The van der Waals surface area contributed by atoms with E-state index in [0.717, 1.165) is 34.1 Å². The summed E-state index contributed by atoms with van der Waals surface area (Å²) < 4.78 is 0. The van der Waals surface area contributed by atoms with Crippen molar-refractivity contribution in [1.29, 1.82) is 5.26 Å². The number of aldehydes is 1. The Morgan fingerprint density at radius 1 is 1.05 bits per heavy atom. The summed E-state index contributed by atoms with van der Waals surface area (Å²) in [6.45, 7) is 7.51. The molecule has 0 unspecified atom stereocenters. The van der Waals surface area contributed by atoms with Gasteiger partial charge in [0.2, 0.25) is 5.91 Å². The smallest absolute Gasteiger partial charge is 0.246 e. The maximum Gasteiger partial charge on any atom is 0.246 e. The standard InChI is InChI=1S/C19H20N4O2.C11H11NO.C2H3N/c1-2-19(25)23-10-8-22(9-11-23)18-13-16(14-24)20-17(21-18)12-15-6-4-3-5-7-15;1-12-11-7-9(13)6-8-4-2-3-5-10(8)11;1-2-3/h2-7,13-14H,1,8-12H2;2-7,12-13H,1H3;1H3. The Bertz CT molecular complexity index is 1510. The summed E-state index contributed by atoms with van der Waals surface area (Å²) in [4.78, 5) is 35.7. The maximum absolute atomic E-state index is 11.7. The molecule has 9 nitrogen and oxygen atoms in total. The van der Waals surface area contributed by atoms with Crippen molar-refractivity contribution in [3.63, 3.8) is 0 Å². The zero-order chi connectivity index (χ0) is 29.6. The highest BCUT2D eigenvalue weighted by molar-refractivity contribution is 5.95. The van der Waals surface area contributed by atoms with E-state index in [9.17, 15) is 14.7 Å². The van der Waals surface area contributed by atoms with Gasteiger partial charge in [0.15, 0.2) is 6.29 Å². The molecule has 1 fully saturated rings. The molecule has 210 valence electrons. The molecule has 9 heteroatoms. The van der Waals surface area contributed by atoms with Crippen LogP contribution in [-0.2, 0) is 11.2 Å². The highest BCUT2D eigenvalue weighted by atomic mass is 16.3. The van der Waals surface area contributed by atoms with Gasteiger partial charge < -0.3 is 20.2 Å². The number of benzene rings is 3. The predicted molar refractivity (Wildman–Crippen MR) is 162 cm³/mol. The van der Waals surface area contributed by atoms with Crippen molar-refractivity contribution in [1.82, 2.24) is 14.9 Å². The third-order valence-electron chi connectivity index (χ3n) is 6.31. The number of fused-ring (bicyclic) bond motifs is 1. The fourth-order valence-electron chi connectivity index (χ4n) is 4.37. The molecule has 0 aliphatic carbocycles. The van der Waals surface area contributed by atoms with Crippen molar-refractivity contribution in [2.75, 3.05) is 43.4 Å². The van der Waals surface area contributed by atoms with Gasteiger partial charge in [-0.25, -0.2) is 9.97 Å². The van der Waals surface area contributed by atoms with Crippen molar-refractivity contribution < 1.29 is 14.7 Å². The number of nitrogens with one attached hydrogen (secondary N) is 1. The number of phenols is 1. The van der Waals surface area contributed by atoms with Gasteiger partial charge in [0.25, 0.3) is 0 Å². The minimum absolute atomic E-state index is 0.0549. The molecular formula is C32H34N6O3. The van der Waals surface area contributed by atoms with Crippen LogP contribution in [0.4, 0.5) is 11.5 Å². The van der Waals surface area contributed by atoms with E-state index < -0.39 is 0 Å². The van der Waals surface area contributed by atoms with Gasteiger partial charge in [-0.05, 0) is 23.1 Å². The fourth-order valence-corrected chi connectivity index (χ4v) is 4.37. The molecule has 5 rings (SSSR count). The molecule has 0 atom stereocenters. The van der Waals surface area contributed by atoms with E-state index in [1.807, 2.05) is 61.6 Å². The van der Waals surface area contributed by atoms with Gasteiger partial charge in [-0.2, -0.15) is 5.26 Å². The number of rotatable bonds is 6. The lowest BCUT2D eigenvalue weighted by Gasteiger charge is -2.35. The molecule has 0 spiro atoms. The molecule has 2 heterocycles. The zero-order valence-corrected chi connectivity index (χ0v) is 23.3. The van der Waals surface area contributed by atoms with Gasteiger partial charge in [-0.3, -0.25) is 9.59 Å². The van der Waals surface area contributed by atoms with Crippen LogP contribution in [0.3, 0.4) is 0 Å². The molecule has 1 amide bonds. The lowest BCUT2D eigenvalue weighted by Crippen LogP contribution is -2.48. The monoisotopic (exact) mass is 550 g/mol. The normalized spacial score (nSPS) is 12.1. The summed E-state index contributed by atoms with van der Waals surface area (Å²) in [7, 11) is 1.85. The largest absolute Gasteiger partial charge is 0.508 e. The van der Waals surface area contributed by atoms with Gasteiger partial charge in [0.05, 0.1) is 6.07 Å².